The van der Waals surface area contributed by atoms with Gasteiger partial charge in [-0.05, 0) is 11.6 Å². The minimum Gasteiger partial charge on any atom is -0.241 e. The van der Waals surface area contributed by atoms with Crippen LogP contribution in [-0.4, -0.2) is 5.97 Å². The Hall–Kier alpha value is -2.34. The van der Waals surface area contributed by atoms with Gasteiger partial charge in [-0.3, -0.25) is 0 Å². The molecule has 3 nitrogen and oxygen atoms in total. The van der Waals surface area contributed by atoms with Gasteiger partial charge in [0.15, 0.2) is 0 Å². The third-order valence-corrected chi connectivity index (χ3v) is 1.69. The van der Waals surface area contributed by atoms with E-state index in [1.54, 1.807) is 6.08 Å². The lowest BCUT2D eigenvalue weighted by atomic mass is 10.2. The molecule has 0 fully saturated rings. The van der Waals surface area contributed by atoms with Gasteiger partial charge in [0, 0.05) is 0 Å². The summed E-state index contributed by atoms with van der Waals surface area (Å²) < 4.78 is 0. The average Bonchev–Trinajstić information content (AvgIpc) is 2.25. The zero-order valence-corrected chi connectivity index (χ0v) is 7.88. The van der Waals surface area contributed by atoms with Crippen molar-refractivity contribution in [3.8, 4) is 6.07 Å². The second-order valence-corrected chi connectivity index (χ2v) is 2.75. The van der Waals surface area contributed by atoms with Crippen molar-refractivity contribution in [1.82, 2.24) is 0 Å². The molecule has 0 unspecified atom stereocenters. The Balaban J connectivity index is 2.76. The first-order valence-electron chi connectivity index (χ1n) is 4.29. The van der Waals surface area contributed by atoms with E-state index in [1.165, 1.54) is 18.2 Å². The fourth-order valence-corrected chi connectivity index (χ4v) is 0.971. The summed E-state index contributed by atoms with van der Waals surface area (Å²) in [6, 6.07) is 10.9. The molecular formula is C12H8NO2. The van der Waals surface area contributed by atoms with Crippen LogP contribution < -0.4 is 0 Å². The molecule has 1 rings (SSSR count). The Kier molecular flexibility index (Phi) is 3.87. The van der Waals surface area contributed by atoms with Gasteiger partial charge in [0.25, 0.3) is 0 Å². The second kappa shape index (κ2) is 5.40. The normalized spacial score (nSPS) is 11.3. The first-order valence-corrected chi connectivity index (χ1v) is 4.29. The van der Waals surface area contributed by atoms with Gasteiger partial charge >= 0.3 is 5.97 Å². The summed E-state index contributed by atoms with van der Waals surface area (Å²) in [6.45, 7) is 0. The van der Waals surface area contributed by atoms with Crippen molar-refractivity contribution in [3.63, 3.8) is 0 Å². The molecule has 0 atom stereocenters. The average molecular weight is 198 g/mol. The van der Waals surface area contributed by atoms with Crippen LogP contribution in [0.3, 0.4) is 0 Å². The summed E-state index contributed by atoms with van der Waals surface area (Å²) in [6.07, 6.45) is 4.42. The lowest BCUT2D eigenvalue weighted by Gasteiger charge is -1.88. The molecule has 0 aliphatic rings. The highest BCUT2D eigenvalue weighted by Gasteiger charge is 2.05. The molecule has 0 bridgehead atoms. The Morgan fingerprint density at radius 1 is 1.27 bits per heavy atom. The molecule has 0 N–H and O–H groups in total. The molecule has 0 spiro atoms. The molecule has 15 heavy (non-hydrogen) atoms. The summed E-state index contributed by atoms with van der Waals surface area (Å²) in [5.74, 6) is -1.46. The van der Waals surface area contributed by atoms with E-state index in [0.29, 0.717) is 0 Å². The predicted octanol–water partition coefficient (Wildman–Crippen LogP) is 2.11. The minimum absolute atomic E-state index is 0.387. The van der Waals surface area contributed by atoms with Gasteiger partial charge in [-0.1, -0.05) is 42.5 Å². The van der Waals surface area contributed by atoms with Crippen LogP contribution in [0.5, 0.6) is 0 Å². The van der Waals surface area contributed by atoms with Crippen LogP contribution in [0.15, 0.2) is 48.1 Å². The standard InChI is InChI=1S/C12H8NO2/c13-9-11(12(14)15)8-4-7-10-5-2-1-3-6-10/h1-8H/b7-4+,11-8+. The van der Waals surface area contributed by atoms with Crippen LogP contribution in [0.25, 0.3) is 6.08 Å². The summed E-state index contributed by atoms with van der Waals surface area (Å²) in [5, 5.41) is 18.8. The highest BCUT2D eigenvalue weighted by atomic mass is 16.4. The third kappa shape index (κ3) is 3.49. The molecule has 0 aromatic heterocycles. The van der Waals surface area contributed by atoms with E-state index in [-0.39, 0.29) is 5.57 Å². The lowest BCUT2D eigenvalue weighted by Crippen LogP contribution is -1.94. The second-order valence-electron chi connectivity index (χ2n) is 2.75. The summed E-state index contributed by atoms with van der Waals surface area (Å²) in [7, 11) is 0. The van der Waals surface area contributed by atoms with Gasteiger partial charge in [0.2, 0.25) is 0 Å². The molecular weight excluding hydrogens is 190 g/mol. The van der Waals surface area contributed by atoms with Gasteiger partial charge in [0.1, 0.15) is 11.6 Å². The fourth-order valence-electron chi connectivity index (χ4n) is 0.971. The maximum atomic E-state index is 10.3. The van der Waals surface area contributed by atoms with Gasteiger partial charge in [-0.2, -0.15) is 5.26 Å². The Labute approximate surface area is 87.6 Å². The van der Waals surface area contributed by atoms with Gasteiger partial charge in [0.05, 0.1) is 0 Å². The maximum absolute atomic E-state index is 10.3. The maximum Gasteiger partial charge on any atom is 0.396 e. The van der Waals surface area contributed by atoms with E-state index in [9.17, 15) is 9.90 Å². The highest BCUT2D eigenvalue weighted by molar-refractivity contribution is 5.91. The molecule has 0 heterocycles. The van der Waals surface area contributed by atoms with E-state index >= 15 is 0 Å². The number of hydrogen-bond acceptors (Lipinski definition) is 2. The van der Waals surface area contributed by atoms with Crippen molar-refractivity contribution in [2.45, 2.75) is 0 Å². The van der Waals surface area contributed by atoms with Gasteiger partial charge in [-0.15, -0.1) is 0 Å². The van der Waals surface area contributed by atoms with Crippen LogP contribution in [0.4, 0.5) is 0 Å². The van der Waals surface area contributed by atoms with E-state index < -0.39 is 5.97 Å². The number of nitrogens with zero attached hydrogens (tertiary/aromatic N) is 1. The quantitative estimate of drug-likeness (QED) is 0.424. The van der Waals surface area contributed by atoms with Crippen molar-refractivity contribution in [2.75, 3.05) is 0 Å². The number of allylic oxidation sites excluding steroid dienone is 2. The lowest BCUT2D eigenvalue weighted by molar-refractivity contribution is -0.137. The molecule has 0 amide bonds. The van der Waals surface area contributed by atoms with E-state index in [1.807, 2.05) is 30.3 Å². The molecule has 1 aromatic carbocycles. The van der Waals surface area contributed by atoms with Gasteiger partial charge in [-0.25, -0.2) is 9.90 Å². The first kappa shape index (κ1) is 10.7. The predicted molar refractivity (Wildman–Crippen MR) is 54.9 cm³/mol. The molecule has 3 heteroatoms. The number of hydrogen-bond donors (Lipinski definition) is 0. The highest BCUT2D eigenvalue weighted by Crippen LogP contribution is 2.02. The SMILES string of the molecule is N#C/C(=C\C=C\c1ccccc1)C([O])=O. The van der Waals surface area contributed by atoms with Crippen LogP contribution in [-0.2, 0) is 9.90 Å². The smallest absolute Gasteiger partial charge is 0.241 e. The van der Waals surface area contributed by atoms with E-state index in [4.69, 9.17) is 5.26 Å². The summed E-state index contributed by atoms with van der Waals surface area (Å²) in [4.78, 5) is 10.3. The number of nitriles is 1. The Morgan fingerprint density at radius 3 is 2.47 bits per heavy atom. The van der Waals surface area contributed by atoms with Crippen LogP contribution in [0.2, 0.25) is 0 Å². The molecule has 0 aliphatic carbocycles. The van der Waals surface area contributed by atoms with Crippen molar-refractivity contribution in [3.05, 3.63) is 53.6 Å². The first-order chi connectivity index (χ1) is 7.24. The molecule has 0 saturated carbocycles. The monoisotopic (exact) mass is 198 g/mol. The topological polar surface area (TPSA) is 60.8 Å². The van der Waals surface area contributed by atoms with E-state index in [2.05, 4.69) is 0 Å². The Bertz CT molecular complexity index is 438. The number of carbonyl (C=O) groups excluding carboxylic acids is 1. The van der Waals surface area contributed by atoms with Crippen LogP contribution >= 0.6 is 0 Å². The van der Waals surface area contributed by atoms with Crippen molar-refractivity contribution in [1.29, 1.82) is 5.26 Å². The van der Waals surface area contributed by atoms with Crippen molar-refractivity contribution >= 4 is 12.0 Å². The van der Waals surface area contributed by atoms with E-state index in [0.717, 1.165) is 5.56 Å². The summed E-state index contributed by atoms with van der Waals surface area (Å²) in [5.41, 5.74) is 0.548. The molecule has 1 aromatic rings. The number of carbonyl (C=O) groups is 1. The number of benzene rings is 1. The summed E-state index contributed by atoms with van der Waals surface area (Å²) >= 11 is 0. The van der Waals surface area contributed by atoms with Gasteiger partial charge < -0.3 is 0 Å². The molecule has 0 aliphatic heterocycles. The van der Waals surface area contributed by atoms with Crippen molar-refractivity contribution in [2.24, 2.45) is 0 Å². The Morgan fingerprint density at radius 2 is 1.93 bits per heavy atom. The minimum atomic E-state index is -1.46. The third-order valence-electron chi connectivity index (χ3n) is 1.69. The zero-order chi connectivity index (χ0) is 11.1. The fraction of sp³-hybridized carbons (Fsp3) is 0. The molecule has 0 saturated heterocycles. The number of rotatable bonds is 3. The molecule has 73 valence electrons. The zero-order valence-electron chi connectivity index (χ0n) is 7.88. The van der Waals surface area contributed by atoms with Crippen LogP contribution in [0.1, 0.15) is 5.56 Å². The van der Waals surface area contributed by atoms with Crippen molar-refractivity contribution < 1.29 is 9.90 Å². The molecule has 1 radical (unpaired) electrons. The van der Waals surface area contributed by atoms with Crippen LogP contribution in [0, 0.1) is 11.3 Å². The largest absolute Gasteiger partial charge is 0.396 e.